The van der Waals surface area contributed by atoms with Crippen molar-refractivity contribution < 1.29 is 0 Å². The molecule has 5 heteroatoms. The fourth-order valence-electron chi connectivity index (χ4n) is 3.04. The molecular weight excluding hydrogens is 262 g/mol. The fourth-order valence-corrected chi connectivity index (χ4v) is 3.04. The maximum absolute atomic E-state index is 6.11. The summed E-state index contributed by atoms with van der Waals surface area (Å²) in [5.74, 6) is 2.35. The topological polar surface area (TPSA) is 58.3 Å². The Bertz CT molecular complexity index is 644. The minimum Gasteiger partial charge on any atom is -0.381 e. The van der Waals surface area contributed by atoms with E-state index in [0.29, 0.717) is 5.82 Å². The van der Waals surface area contributed by atoms with Crippen LogP contribution < -0.4 is 10.6 Å². The highest BCUT2D eigenvalue weighted by atomic mass is 15.3. The van der Waals surface area contributed by atoms with Crippen LogP contribution >= 0.6 is 0 Å². The molecule has 0 spiro atoms. The molecule has 1 aliphatic carbocycles. The second-order valence-corrected chi connectivity index (χ2v) is 6.15. The highest BCUT2D eigenvalue weighted by Gasteiger charge is 2.27. The average molecular weight is 283 g/mol. The van der Waals surface area contributed by atoms with Gasteiger partial charge in [0.25, 0.3) is 0 Å². The predicted molar refractivity (Wildman–Crippen MR) is 85.3 cm³/mol. The molecule has 1 saturated carbocycles. The summed E-state index contributed by atoms with van der Waals surface area (Å²) in [4.78, 5) is 14.0. The van der Waals surface area contributed by atoms with E-state index >= 15 is 0 Å². The Balaban J connectivity index is 1.52. The van der Waals surface area contributed by atoms with Gasteiger partial charge < -0.3 is 10.6 Å². The summed E-state index contributed by atoms with van der Waals surface area (Å²) >= 11 is 0. The standard InChI is InChI=1S/C16H21N5/c17-15-16(19-14-4-2-1-3-13(14)18-15)21-9-7-20(8-10-21)11-12-5-6-12/h1-4,12H,5-11H2,(H2,17,18). The molecule has 2 aliphatic rings. The summed E-state index contributed by atoms with van der Waals surface area (Å²) < 4.78 is 0. The molecule has 2 fully saturated rings. The molecular formula is C16H21N5. The molecule has 2 N–H and O–H groups in total. The molecule has 2 aromatic rings. The molecule has 1 saturated heterocycles. The van der Waals surface area contributed by atoms with Crippen LogP contribution in [-0.4, -0.2) is 47.6 Å². The minimum absolute atomic E-state index is 0.546. The van der Waals surface area contributed by atoms with Crippen LogP contribution in [-0.2, 0) is 0 Å². The molecule has 1 aliphatic heterocycles. The number of anilines is 2. The van der Waals surface area contributed by atoms with Crippen molar-refractivity contribution in [3.8, 4) is 0 Å². The van der Waals surface area contributed by atoms with Crippen LogP contribution in [0.15, 0.2) is 24.3 Å². The first-order valence-electron chi connectivity index (χ1n) is 7.79. The molecule has 0 bridgehead atoms. The lowest BCUT2D eigenvalue weighted by atomic mass is 10.2. The van der Waals surface area contributed by atoms with Crippen molar-refractivity contribution in [2.24, 2.45) is 5.92 Å². The van der Waals surface area contributed by atoms with E-state index in [9.17, 15) is 0 Å². The highest BCUT2D eigenvalue weighted by Crippen LogP contribution is 2.30. The van der Waals surface area contributed by atoms with Crippen molar-refractivity contribution in [3.63, 3.8) is 0 Å². The first-order chi connectivity index (χ1) is 10.3. The molecule has 4 rings (SSSR count). The first kappa shape index (κ1) is 12.8. The van der Waals surface area contributed by atoms with Gasteiger partial charge in [0.05, 0.1) is 11.0 Å². The zero-order valence-electron chi connectivity index (χ0n) is 12.2. The van der Waals surface area contributed by atoms with Gasteiger partial charge in [0, 0.05) is 32.7 Å². The van der Waals surface area contributed by atoms with Gasteiger partial charge >= 0.3 is 0 Å². The van der Waals surface area contributed by atoms with Crippen LogP contribution in [0.5, 0.6) is 0 Å². The average Bonchev–Trinajstić information content (AvgIpc) is 3.31. The maximum atomic E-state index is 6.11. The molecule has 1 aromatic carbocycles. The third-order valence-electron chi connectivity index (χ3n) is 4.46. The van der Waals surface area contributed by atoms with Crippen molar-refractivity contribution in [2.45, 2.75) is 12.8 Å². The number of piperazine rings is 1. The molecule has 21 heavy (non-hydrogen) atoms. The summed E-state index contributed by atoms with van der Waals surface area (Å²) in [6, 6.07) is 7.90. The number of para-hydroxylation sites is 2. The molecule has 0 radical (unpaired) electrons. The molecule has 0 unspecified atom stereocenters. The Morgan fingerprint density at radius 2 is 1.67 bits per heavy atom. The van der Waals surface area contributed by atoms with Crippen molar-refractivity contribution in [3.05, 3.63) is 24.3 Å². The summed E-state index contributed by atoms with van der Waals surface area (Å²) in [7, 11) is 0. The Kier molecular flexibility index (Phi) is 3.15. The predicted octanol–water partition coefficient (Wildman–Crippen LogP) is 1.74. The molecule has 1 aromatic heterocycles. The Labute approximate surface area is 124 Å². The Morgan fingerprint density at radius 1 is 1.00 bits per heavy atom. The lowest BCUT2D eigenvalue weighted by molar-refractivity contribution is 0.247. The fraction of sp³-hybridized carbons (Fsp3) is 0.500. The number of nitrogens with two attached hydrogens (primary N) is 1. The zero-order valence-corrected chi connectivity index (χ0v) is 12.2. The van der Waals surface area contributed by atoms with E-state index in [1.807, 2.05) is 24.3 Å². The maximum Gasteiger partial charge on any atom is 0.172 e. The van der Waals surface area contributed by atoms with E-state index in [1.165, 1.54) is 19.4 Å². The normalized spacial score (nSPS) is 20.1. The van der Waals surface area contributed by atoms with Crippen LogP contribution in [0, 0.1) is 5.92 Å². The quantitative estimate of drug-likeness (QED) is 0.930. The van der Waals surface area contributed by atoms with Gasteiger partial charge in [0.15, 0.2) is 11.6 Å². The zero-order chi connectivity index (χ0) is 14.2. The van der Waals surface area contributed by atoms with Crippen LogP contribution in [0.1, 0.15) is 12.8 Å². The third kappa shape index (κ3) is 2.65. The number of aromatic nitrogens is 2. The Hall–Kier alpha value is -1.88. The number of benzene rings is 1. The van der Waals surface area contributed by atoms with Crippen LogP contribution in [0.4, 0.5) is 11.6 Å². The minimum atomic E-state index is 0.546. The van der Waals surface area contributed by atoms with E-state index in [2.05, 4.69) is 14.8 Å². The monoisotopic (exact) mass is 283 g/mol. The van der Waals surface area contributed by atoms with Gasteiger partial charge in [-0.05, 0) is 30.9 Å². The number of nitrogen functional groups attached to an aromatic ring is 1. The second kappa shape index (κ2) is 5.15. The molecule has 2 heterocycles. The molecule has 110 valence electrons. The van der Waals surface area contributed by atoms with Gasteiger partial charge in [-0.1, -0.05) is 12.1 Å². The van der Waals surface area contributed by atoms with Crippen LogP contribution in [0.25, 0.3) is 11.0 Å². The molecule has 5 nitrogen and oxygen atoms in total. The van der Waals surface area contributed by atoms with Gasteiger partial charge in [-0.15, -0.1) is 0 Å². The lowest BCUT2D eigenvalue weighted by Crippen LogP contribution is -2.47. The molecule has 0 atom stereocenters. The van der Waals surface area contributed by atoms with Crippen LogP contribution in [0.3, 0.4) is 0 Å². The highest BCUT2D eigenvalue weighted by molar-refractivity contribution is 5.79. The SMILES string of the molecule is Nc1nc2ccccc2nc1N1CCN(CC2CC2)CC1. The number of hydrogen-bond donors (Lipinski definition) is 1. The summed E-state index contributed by atoms with van der Waals surface area (Å²) in [6.07, 6.45) is 2.84. The summed E-state index contributed by atoms with van der Waals surface area (Å²) in [5.41, 5.74) is 7.90. The number of nitrogens with zero attached hydrogens (tertiary/aromatic N) is 4. The van der Waals surface area contributed by atoms with E-state index in [0.717, 1.165) is 48.9 Å². The molecule has 0 amide bonds. The van der Waals surface area contributed by atoms with Gasteiger partial charge in [-0.2, -0.15) is 0 Å². The Morgan fingerprint density at radius 3 is 2.33 bits per heavy atom. The van der Waals surface area contributed by atoms with E-state index < -0.39 is 0 Å². The second-order valence-electron chi connectivity index (χ2n) is 6.15. The van der Waals surface area contributed by atoms with Crippen molar-refractivity contribution in [1.29, 1.82) is 0 Å². The summed E-state index contributed by atoms with van der Waals surface area (Å²) in [6.45, 7) is 5.45. The lowest BCUT2D eigenvalue weighted by Gasteiger charge is -2.35. The van der Waals surface area contributed by atoms with E-state index in [-0.39, 0.29) is 0 Å². The van der Waals surface area contributed by atoms with Crippen molar-refractivity contribution in [2.75, 3.05) is 43.4 Å². The van der Waals surface area contributed by atoms with Crippen molar-refractivity contribution >= 4 is 22.7 Å². The van der Waals surface area contributed by atoms with Gasteiger partial charge in [0.2, 0.25) is 0 Å². The smallest absolute Gasteiger partial charge is 0.172 e. The number of rotatable bonds is 3. The van der Waals surface area contributed by atoms with Gasteiger partial charge in [0.1, 0.15) is 0 Å². The van der Waals surface area contributed by atoms with Crippen molar-refractivity contribution in [1.82, 2.24) is 14.9 Å². The van der Waals surface area contributed by atoms with Gasteiger partial charge in [-0.25, -0.2) is 9.97 Å². The van der Waals surface area contributed by atoms with Gasteiger partial charge in [-0.3, -0.25) is 4.90 Å². The number of hydrogen-bond acceptors (Lipinski definition) is 5. The van der Waals surface area contributed by atoms with Crippen LogP contribution in [0.2, 0.25) is 0 Å². The first-order valence-corrected chi connectivity index (χ1v) is 7.79. The van der Waals surface area contributed by atoms with E-state index in [4.69, 9.17) is 10.7 Å². The van der Waals surface area contributed by atoms with E-state index in [1.54, 1.807) is 0 Å². The number of fused-ring (bicyclic) bond motifs is 1. The summed E-state index contributed by atoms with van der Waals surface area (Å²) in [5, 5.41) is 0. The largest absolute Gasteiger partial charge is 0.381 e. The third-order valence-corrected chi connectivity index (χ3v) is 4.46.